The molecule has 0 bridgehead atoms. The topological polar surface area (TPSA) is 47.6 Å². The number of nitrogens with two attached hydrogens (primary N) is 1. The zero-order valence-corrected chi connectivity index (χ0v) is 13.4. The molecule has 0 amide bonds. The third kappa shape index (κ3) is 3.14. The van der Waals surface area contributed by atoms with Gasteiger partial charge in [0.05, 0.1) is 0 Å². The Bertz CT molecular complexity index is 501. The predicted molar refractivity (Wildman–Crippen MR) is 84.2 cm³/mol. The minimum atomic E-state index is 0.0263. The predicted octanol–water partition coefficient (Wildman–Crippen LogP) is 3.67. The van der Waals surface area contributed by atoms with Gasteiger partial charge in [-0.25, -0.2) is 4.99 Å². The number of nitrogens with zero attached hydrogens (tertiary/aromatic N) is 1. The largest absolute Gasteiger partial charge is 0.463 e. The van der Waals surface area contributed by atoms with Gasteiger partial charge in [0.1, 0.15) is 12.6 Å². The molecule has 1 atom stereocenters. The average molecular weight is 274 g/mol. The van der Waals surface area contributed by atoms with Gasteiger partial charge in [-0.15, -0.1) is 0 Å². The standard InChI is InChI=1S/C17H26N2O/c1-16(2,3)12-7-11(14-10-20-15(18)19-14)8-13(9-12)17(4,5)6/h7-9,14H,10H2,1-6H3,(H2,18,19)/t14-/m0/s1. The number of hydrogen-bond donors (Lipinski definition) is 1. The summed E-state index contributed by atoms with van der Waals surface area (Å²) in [6.07, 6.45) is 0. The van der Waals surface area contributed by atoms with E-state index in [4.69, 9.17) is 10.5 Å². The van der Waals surface area contributed by atoms with Crippen LogP contribution in [0.4, 0.5) is 0 Å². The molecule has 0 unspecified atom stereocenters. The first-order chi connectivity index (χ1) is 9.07. The highest BCUT2D eigenvalue weighted by Gasteiger charge is 2.25. The molecule has 3 heteroatoms. The van der Waals surface area contributed by atoms with Crippen LogP contribution in [0, 0.1) is 0 Å². The fraction of sp³-hybridized carbons (Fsp3) is 0.588. The molecule has 110 valence electrons. The highest BCUT2D eigenvalue weighted by atomic mass is 16.5. The maximum Gasteiger partial charge on any atom is 0.282 e. The fourth-order valence-electron chi connectivity index (χ4n) is 2.27. The van der Waals surface area contributed by atoms with E-state index in [-0.39, 0.29) is 16.9 Å². The van der Waals surface area contributed by atoms with E-state index in [1.54, 1.807) is 0 Å². The molecular weight excluding hydrogens is 248 g/mol. The lowest BCUT2D eigenvalue weighted by Crippen LogP contribution is -2.17. The van der Waals surface area contributed by atoms with Gasteiger partial charge >= 0.3 is 0 Å². The maximum absolute atomic E-state index is 5.64. The normalized spacial score (nSPS) is 19.7. The third-order valence-electron chi connectivity index (χ3n) is 3.74. The first-order valence-corrected chi connectivity index (χ1v) is 7.19. The van der Waals surface area contributed by atoms with Crippen molar-refractivity contribution in [3.05, 3.63) is 34.9 Å². The molecule has 0 aromatic heterocycles. The molecule has 2 rings (SSSR count). The minimum absolute atomic E-state index is 0.0263. The lowest BCUT2D eigenvalue weighted by molar-refractivity contribution is 0.315. The summed E-state index contributed by atoms with van der Waals surface area (Å²) in [5.74, 6) is 0. The second-order valence-electron chi connectivity index (χ2n) is 7.64. The second-order valence-corrected chi connectivity index (χ2v) is 7.64. The molecule has 0 spiro atoms. The van der Waals surface area contributed by atoms with Crippen molar-refractivity contribution < 1.29 is 4.74 Å². The summed E-state index contributed by atoms with van der Waals surface area (Å²) in [6, 6.07) is 7.12. The van der Waals surface area contributed by atoms with Crippen molar-refractivity contribution in [2.75, 3.05) is 6.61 Å². The molecule has 0 radical (unpaired) electrons. The third-order valence-corrected chi connectivity index (χ3v) is 3.74. The van der Waals surface area contributed by atoms with Gasteiger partial charge < -0.3 is 10.5 Å². The molecule has 0 aliphatic carbocycles. The smallest absolute Gasteiger partial charge is 0.282 e. The van der Waals surface area contributed by atoms with Crippen LogP contribution in [0.15, 0.2) is 23.2 Å². The monoisotopic (exact) mass is 274 g/mol. The van der Waals surface area contributed by atoms with Crippen LogP contribution in [0.5, 0.6) is 0 Å². The molecule has 1 heterocycles. The Morgan fingerprint density at radius 1 is 1.00 bits per heavy atom. The van der Waals surface area contributed by atoms with Crippen LogP contribution in [-0.2, 0) is 15.6 Å². The SMILES string of the molecule is CC(C)(C)c1cc([C@@H]2COC(N)=N2)cc(C(C)(C)C)c1. The van der Waals surface area contributed by atoms with Gasteiger partial charge in [-0.05, 0) is 27.5 Å². The number of amidine groups is 1. The minimum Gasteiger partial charge on any atom is -0.463 e. The first kappa shape index (κ1) is 14.9. The van der Waals surface area contributed by atoms with E-state index < -0.39 is 0 Å². The summed E-state index contributed by atoms with van der Waals surface area (Å²) in [6.45, 7) is 14.0. The zero-order chi connectivity index (χ0) is 15.1. The lowest BCUT2D eigenvalue weighted by atomic mass is 9.79. The molecule has 0 fully saturated rings. The van der Waals surface area contributed by atoms with Crippen molar-refractivity contribution in [2.45, 2.75) is 58.4 Å². The van der Waals surface area contributed by atoms with Gasteiger partial charge in [-0.3, -0.25) is 0 Å². The maximum atomic E-state index is 5.64. The zero-order valence-electron chi connectivity index (χ0n) is 13.4. The van der Waals surface area contributed by atoms with Gasteiger partial charge in [0.15, 0.2) is 0 Å². The van der Waals surface area contributed by atoms with Crippen LogP contribution in [0.1, 0.15) is 64.3 Å². The Labute approximate surface area is 122 Å². The Balaban J connectivity index is 2.52. The summed E-state index contributed by atoms with van der Waals surface area (Å²) >= 11 is 0. The first-order valence-electron chi connectivity index (χ1n) is 7.19. The van der Waals surface area contributed by atoms with Crippen LogP contribution < -0.4 is 5.73 Å². The van der Waals surface area contributed by atoms with Gasteiger partial charge in [0.2, 0.25) is 0 Å². The van der Waals surface area contributed by atoms with Crippen molar-refractivity contribution >= 4 is 6.02 Å². The average Bonchev–Trinajstić information content (AvgIpc) is 2.73. The number of ether oxygens (including phenoxy) is 1. The molecule has 0 saturated heterocycles. The van der Waals surface area contributed by atoms with Crippen molar-refractivity contribution in [2.24, 2.45) is 10.7 Å². The molecule has 2 N–H and O–H groups in total. The number of hydrogen-bond acceptors (Lipinski definition) is 3. The van der Waals surface area contributed by atoms with Crippen LogP contribution in [0.3, 0.4) is 0 Å². The fourth-order valence-corrected chi connectivity index (χ4v) is 2.27. The summed E-state index contributed by atoms with van der Waals surface area (Å²) in [7, 11) is 0. The van der Waals surface area contributed by atoms with Gasteiger partial charge in [-0.2, -0.15) is 0 Å². The Morgan fingerprint density at radius 3 is 1.85 bits per heavy atom. The lowest BCUT2D eigenvalue weighted by Gasteiger charge is -2.26. The van der Waals surface area contributed by atoms with Crippen molar-refractivity contribution in [1.82, 2.24) is 0 Å². The van der Waals surface area contributed by atoms with E-state index in [2.05, 4.69) is 64.7 Å². The summed E-state index contributed by atoms with van der Waals surface area (Å²) in [5, 5.41) is 0. The van der Waals surface area contributed by atoms with Crippen LogP contribution in [0.2, 0.25) is 0 Å². The molecule has 3 nitrogen and oxygen atoms in total. The molecule has 1 aliphatic heterocycles. The van der Waals surface area contributed by atoms with Crippen LogP contribution in [0.25, 0.3) is 0 Å². The van der Waals surface area contributed by atoms with Crippen LogP contribution in [-0.4, -0.2) is 12.6 Å². The second kappa shape index (κ2) is 4.80. The molecule has 1 aromatic carbocycles. The van der Waals surface area contributed by atoms with E-state index in [1.807, 2.05) is 0 Å². The van der Waals surface area contributed by atoms with E-state index in [0.717, 1.165) is 0 Å². The molecule has 1 aliphatic rings. The molecule has 1 aromatic rings. The molecule has 20 heavy (non-hydrogen) atoms. The molecular formula is C17H26N2O. The van der Waals surface area contributed by atoms with Crippen molar-refractivity contribution in [3.8, 4) is 0 Å². The summed E-state index contributed by atoms with van der Waals surface area (Å²) in [4.78, 5) is 4.38. The quantitative estimate of drug-likeness (QED) is 0.849. The highest BCUT2D eigenvalue weighted by molar-refractivity contribution is 5.73. The number of benzene rings is 1. The van der Waals surface area contributed by atoms with E-state index in [1.165, 1.54) is 16.7 Å². The van der Waals surface area contributed by atoms with Crippen molar-refractivity contribution in [3.63, 3.8) is 0 Å². The number of rotatable bonds is 1. The van der Waals surface area contributed by atoms with E-state index in [0.29, 0.717) is 12.6 Å². The van der Waals surface area contributed by atoms with Gasteiger partial charge in [-0.1, -0.05) is 59.7 Å². The summed E-state index contributed by atoms with van der Waals surface area (Å²) in [5.41, 5.74) is 9.73. The van der Waals surface area contributed by atoms with Gasteiger partial charge in [0, 0.05) is 0 Å². The Hall–Kier alpha value is -1.51. The Kier molecular flexibility index (Phi) is 3.57. The number of aliphatic imine (C=N–C) groups is 1. The van der Waals surface area contributed by atoms with E-state index >= 15 is 0 Å². The molecule has 0 saturated carbocycles. The van der Waals surface area contributed by atoms with Crippen molar-refractivity contribution in [1.29, 1.82) is 0 Å². The highest BCUT2D eigenvalue weighted by Crippen LogP contribution is 2.33. The summed E-state index contributed by atoms with van der Waals surface area (Å²) < 4.78 is 5.30. The van der Waals surface area contributed by atoms with Gasteiger partial charge in [0.25, 0.3) is 6.02 Å². The Morgan fingerprint density at radius 2 is 1.50 bits per heavy atom. The van der Waals surface area contributed by atoms with Crippen LogP contribution >= 0.6 is 0 Å². The van der Waals surface area contributed by atoms with E-state index in [9.17, 15) is 0 Å².